The second-order valence-electron chi connectivity index (χ2n) is 8.77. The monoisotopic (exact) mass is 489 g/mol. The second kappa shape index (κ2) is 9.56. The summed E-state index contributed by atoms with van der Waals surface area (Å²) in [7, 11) is 0. The average molecular weight is 491 g/mol. The normalized spacial score (nSPS) is 21.4. The van der Waals surface area contributed by atoms with Crippen molar-refractivity contribution in [2.24, 2.45) is 5.92 Å². The molecule has 0 saturated carbocycles. The van der Waals surface area contributed by atoms with Crippen LogP contribution < -0.4 is 16.0 Å². The highest BCUT2D eigenvalue weighted by atomic mass is 35.5. The Bertz CT molecular complexity index is 1070. The molecule has 8 heteroatoms. The number of aromatic nitrogens is 2. The number of benzene rings is 1. The molecule has 6 rings (SSSR count). The molecule has 2 fully saturated rings. The van der Waals surface area contributed by atoms with Gasteiger partial charge in [-0.3, -0.25) is 0 Å². The van der Waals surface area contributed by atoms with E-state index in [1.54, 1.807) is 0 Å². The van der Waals surface area contributed by atoms with E-state index in [4.69, 9.17) is 15.7 Å². The Morgan fingerprint density at radius 3 is 2.69 bits per heavy atom. The lowest BCUT2D eigenvalue weighted by Crippen LogP contribution is -2.40. The number of fused-ring (bicyclic) bond motifs is 4. The molecule has 170 valence electrons. The van der Waals surface area contributed by atoms with Gasteiger partial charge in [0.15, 0.2) is 0 Å². The number of hydrogen-bond donors (Lipinski definition) is 2. The minimum absolute atomic E-state index is 0. The number of nitrogens with zero attached hydrogens (tertiary/aromatic N) is 3. The van der Waals surface area contributed by atoms with Gasteiger partial charge in [0.1, 0.15) is 5.82 Å². The Hall–Kier alpha value is -1.86. The fourth-order valence-corrected chi connectivity index (χ4v) is 6.62. The van der Waals surface area contributed by atoms with Crippen molar-refractivity contribution in [3.8, 4) is 21.7 Å². The van der Waals surface area contributed by atoms with Crippen LogP contribution >= 0.6 is 36.2 Å². The van der Waals surface area contributed by atoms with Crippen molar-refractivity contribution < 1.29 is 0 Å². The molecule has 32 heavy (non-hydrogen) atoms. The molecule has 2 aromatic heterocycles. The van der Waals surface area contributed by atoms with E-state index in [1.165, 1.54) is 39.3 Å². The topological polar surface area (TPSA) is 67.1 Å². The summed E-state index contributed by atoms with van der Waals surface area (Å²) in [5.41, 5.74) is 11.1. The predicted molar refractivity (Wildman–Crippen MR) is 138 cm³/mol. The highest BCUT2D eigenvalue weighted by Crippen LogP contribution is 2.43. The summed E-state index contributed by atoms with van der Waals surface area (Å²) in [4.78, 5) is 14.8. The van der Waals surface area contributed by atoms with Gasteiger partial charge in [0.25, 0.3) is 0 Å². The van der Waals surface area contributed by atoms with Gasteiger partial charge in [-0.15, -0.1) is 36.2 Å². The molecule has 0 radical (unpaired) electrons. The number of hydrogen-bond acceptors (Lipinski definition) is 6. The first-order valence-electron chi connectivity index (χ1n) is 11.1. The van der Waals surface area contributed by atoms with Crippen molar-refractivity contribution in [3.63, 3.8) is 0 Å². The van der Waals surface area contributed by atoms with Gasteiger partial charge in [0.2, 0.25) is 5.95 Å². The molecule has 2 aliphatic heterocycles. The minimum atomic E-state index is 0. The second-order valence-corrected chi connectivity index (χ2v) is 9.90. The molecule has 3 aromatic rings. The summed E-state index contributed by atoms with van der Waals surface area (Å²) in [5, 5.41) is 3.71. The summed E-state index contributed by atoms with van der Waals surface area (Å²) in [6, 6.07) is 13.6. The van der Waals surface area contributed by atoms with Crippen LogP contribution in [-0.4, -0.2) is 35.6 Å². The molecule has 0 spiro atoms. The Morgan fingerprint density at radius 2 is 1.88 bits per heavy atom. The third kappa shape index (κ3) is 4.10. The Kier molecular flexibility index (Phi) is 6.96. The van der Waals surface area contributed by atoms with Crippen molar-refractivity contribution in [3.05, 3.63) is 46.8 Å². The molecule has 0 bridgehead atoms. The van der Waals surface area contributed by atoms with E-state index in [2.05, 4.69) is 46.6 Å². The lowest BCUT2D eigenvalue weighted by Gasteiger charge is -2.24. The predicted octanol–water partition coefficient (Wildman–Crippen LogP) is 4.97. The van der Waals surface area contributed by atoms with Crippen molar-refractivity contribution >= 4 is 47.9 Å². The molecule has 4 heterocycles. The molecule has 0 amide bonds. The van der Waals surface area contributed by atoms with E-state index >= 15 is 0 Å². The van der Waals surface area contributed by atoms with E-state index in [-0.39, 0.29) is 24.8 Å². The molecular formula is C24H29Cl2N5S. The van der Waals surface area contributed by atoms with Crippen LogP contribution in [0.4, 0.5) is 11.8 Å². The number of nitrogen functional groups attached to an aromatic ring is 1. The highest BCUT2D eigenvalue weighted by molar-refractivity contribution is 7.16. The van der Waals surface area contributed by atoms with Gasteiger partial charge in [-0.05, 0) is 56.2 Å². The Balaban J connectivity index is 0.00000122. The number of aryl methyl sites for hydroxylation is 1. The molecule has 3 N–H and O–H groups in total. The number of anilines is 2. The zero-order chi connectivity index (χ0) is 20.1. The first-order valence-corrected chi connectivity index (χ1v) is 11.9. The fourth-order valence-electron chi connectivity index (χ4n) is 5.41. The largest absolute Gasteiger partial charge is 0.368 e. The van der Waals surface area contributed by atoms with Crippen LogP contribution in [0, 0.1) is 5.92 Å². The van der Waals surface area contributed by atoms with Gasteiger partial charge in [-0.2, -0.15) is 4.98 Å². The number of nitrogens with two attached hydrogens (primary N) is 1. The maximum absolute atomic E-state index is 6.26. The third-order valence-electron chi connectivity index (χ3n) is 6.85. The van der Waals surface area contributed by atoms with E-state index < -0.39 is 0 Å². The highest BCUT2D eigenvalue weighted by Gasteiger charge is 2.36. The maximum atomic E-state index is 6.26. The molecule has 2 unspecified atom stereocenters. The first-order chi connectivity index (χ1) is 14.8. The van der Waals surface area contributed by atoms with Gasteiger partial charge >= 0.3 is 0 Å². The lowest BCUT2D eigenvalue weighted by molar-refractivity contribution is 0.340. The number of thiophene rings is 1. The van der Waals surface area contributed by atoms with E-state index in [0.29, 0.717) is 12.0 Å². The van der Waals surface area contributed by atoms with Crippen LogP contribution in [0.2, 0.25) is 0 Å². The van der Waals surface area contributed by atoms with Gasteiger partial charge in [-0.25, -0.2) is 4.98 Å². The summed E-state index contributed by atoms with van der Waals surface area (Å²) >= 11 is 1.90. The van der Waals surface area contributed by atoms with Crippen LogP contribution in [-0.2, 0) is 12.8 Å². The summed E-state index contributed by atoms with van der Waals surface area (Å²) in [6.45, 7) is 3.24. The van der Waals surface area contributed by atoms with Crippen molar-refractivity contribution in [2.45, 2.75) is 38.1 Å². The molecular weight excluding hydrogens is 461 g/mol. The SMILES string of the molecule is Cl.Cl.Nc1nc2c(c(N3CC4CCCNC4C3)n1)CCCc1sc(-c3ccccc3)cc1-2. The smallest absolute Gasteiger partial charge is 0.222 e. The van der Waals surface area contributed by atoms with Crippen LogP contribution in [0.5, 0.6) is 0 Å². The number of rotatable bonds is 2. The molecule has 2 saturated heterocycles. The van der Waals surface area contributed by atoms with Crippen LogP contribution in [0.15, 0.2) is 36.4 Å². The van der Waals surface area contributed by atoms with Crippen LogP contribution in [0.1, 0.15) is 29.7 Å². The zero-order valence-electron chi connectivity index (χ0n) is 17.9. The summed E-state index contributed by atoms with van der Waals surface area (Å²) in [5.74, 6) is 2.19. The van der Waals surface area contributed by atoms with Gasteiger partial charge in [0.05, 0.1) is 5.69 Å². The van der Waals surface area contributed by atoms with E-state index in [1.807, 2.05) is 11.3 Å². The van der Waals surface area contributed by atoms with E-state index in [9.17, 15) is 0 Å². The molecule has 2 atom stereocenters. The Morgan fingerprint density at radius 1 is 1.03 bits per heavy atom. The number of nitrogens with one attached hydrogen (secondary N) is 1. The maximum Gasteiger partial charge on any atom is 0.222 e. The quantitative estimate of drug-likeness (QED) is 0.531. The molecule has 1 aliphatic carbocycles. The summed E-state index contributed by atoms with van der Waals surface area (Å²) < 4.78 is 0. The standard InChI is InChI=1S/C24H27N5S.2ClH/c25-24-27-22-17(23(28-24)29-13-16-8-5-11-26-19(16)14-29)9-4-10-20-18(22)12-21(30-20)15-6-2-1-3-7-15;;/h1-3,6-7,12,16,19,26H,4-5,8-11,13-14H2,(H2,25,27,28);2*1H. The molecule has 5 nitrogen and oxygen atoms in total. The summed E-state index contributed by atoms with van der Waals surface area (Å²) in [6.07, 6.45) is 5.83. The number of halogens is 2. The van der Waals surface area contributed by atoms with Crippen LogP contribution in [0.25, 0.3) is 21.7 Å². The van der Waals surface area contributed by atoms with Crippen molar-refractivity contribution in [2.75, 3.05) is 30.3 Å². The minimum Gasteiger partial charge on any atom is -0.368 e. The lowest BCUT2D eigenvalue weighted by atomic mass is 9.94. The van der Waals surface area contributed by atoms with Gasteiger partial charge in [0, 0.05) is 40.0 Å². The van der Waals surface area contributed by atoms with Crippen LogP contribution in [0.3, 0.4) is 0 Å². The van der Waals surface area contributed by atoms with E-state index in [0.717, 1.165) is 56.3 Å². The fraction of sp³-hybridized carbons (Fsp3) is 0.417. The average Bonchev–Trinajstić information content (AvgIpc) is 3.35. The number of piperidine rings is 1. The van der Waals surface area contributed by atoms with Crippen molar-refractivity contribution in [1.82, 2.24) is 15.3 Å². The van der Waals surface area contributed by atoms with Gasteiger partial charge < -0.3 is 16.0 Å². The first kappa shape index (κ1) is 23.3. The third-order valence-corrected chi connectivity index (χ3v) is 8.10. The molecule has 3 aliphatic rings. The van der Waals surface area contributed by atoms with Gasteiger partial charge in [-0.1, -0.05) is 30.3 Å². The van der Waals surface area contributed by atoms with Crippen molar-refractivity contribution in [1.29, 1.82) is 0 Å². The molecule has 1 aromatic carbocycles. The Labute approximate surface area is 205 Å². The zero-order valence-corrected chi connectivity index (χ0v) is 20.4.